The van der Waals surface area contributed by atoms with Crippen LogP contribution in [0.15, 0.2) is 25.3 Å². The average molecular weight is 311 g/mol. The summed E-state index contributed by atoms with van der Waals surface area (Å²) in [6, 6.07) is 0. The third-order valence-electron chi connectivity index (χ3n) is 5.45. The van der Waals surface area contributed by atoms with Gasteiger partial charge in [-0.05, 0) is 87.9 Å². The van der Waals surface area contributed by atoms with Crippen LogP contribution in [0.3, 0.4) is 0 Å². The van der Waals surface area contributed by atoms with Crippen LogP contribution in [-0.4, -0.2) is 0 Å². The summed E-state index contributed by atoms with van der Waals surface area (Å²) in [6.45, 7) is 7.76. The second kappa shape index (κ2) is 14.1. The van der Waals surface area contributed by atoms with E-state index in [4.69, 9.17) is 0 Å². The quantitative estimate of drug-likeness (QED) is 0.448. The van der Waals surface area contributed by atoms with E-state index in [-0.39, 0.29) is 29.7 Å². The molecule has 0 saturated heterocycles. The maximum Gasteiger partial charge on any atom is -0.0325 e. The summed E-state index contributed by atoms with van der Waals surface area (Å²) in [6.07, 6.45) is 18.6. The molecule has 0 aromatic rings. The van der Waals surface area contributed by atoms with Gasteiger partial charge in [-0.15, -0.1) is 13.2 Å². The topological polar surface area (TPSA) is 0 Å². The second-order valence-corrected chi connectivity index (χ2v) is 6.61. The Morgan fingerprint density at radius 2 is 0.818 bits per heavy atom. The molecular weight excluding hydrogens is 264 g/mol. The van der Waals surface area contributed by atoms with E-state index in [0.29, 0.717) is 0 Å². The van der Waals surface area contributed by atoms with Gasteiger partial charge >= 0.3 is 0 Å². The molecule has 0 N–H and O–H groups in total. The average Bonchev–Trinajstić information content (AvgIpc) is 2.41. The molecular formula is C22H46. The van der Waals surface area contributed by atoms with Crippen LogP contribution in [0.25, 0.3) is 0 Å². The minimum absolute atomic E-state index is 0. The first-order valence-corrected chi connectivity index (χ1v) is 8.05. The van der Waals surface area contributed by atoms with Gasteiger partial charge in [-0.1, -0.05) is 41.9 Å². The maximum absolute atomic E-state index is 3.88. The summed E-state index contributed by atoms with van der Waals surface area (Å²) in [5, 5.41) is 0. The van der Waals surface area contributed by atoms with Gasteiger partial charge in [-0.2, -0.15) is 0 Å². The lowest BCUT2D eigenvalue weighted by Gasteiger charge is -2.37. The van der Waals surface area contributed by atoms with Gasteiger partial charge in [-0.3, -0.25) is 0 Å². The van der Waals surface area contributed by atoms with Gasteiger partial charge in [0.2, 0.25) is 0 Å². The van der Waals surface area contributed by atoms with Crippen LogP contribution in [-0.2, 0) is 0 Å². The Labute approximate surface area is 143 Å². The Bertz CT molecular complexity index is 221. The third-order valence-corrected chi connectivity index (χ3v) is 5.45. The normalized spacial score (nSPS) is 30.4. The molecule has 2 aliphatic carbocycles. The number of hydrogen-bond donors (Lipinski definition) is 0. The first-order valence-electron chi connectivity index (χ1n) is 8.05. The minimum atomic E-state index is 0. The van der Waals surface area contributed by atoms with Crippen LogP contribution in [0.2, 0.25) is 0 Å². The molecule has 2 saturated carbocycles. The lowest BCUT2D eigenvalue weighted by molar-refractivity contribution is 0.147. The molecule has 0 radical (unpaired) electrons. The van der Waals surface area contributed by atoms with Gasteiger partial charge < -0.3 is 0 Å². The molecule has 2 fully saturated rings. The maximum atomic E-state index is 3.88. The zero-order valence-corrected chi connectivity index (χ0v) is 11.9. The molecule has 2 rings (SSSR count). The molecule has 2 aliphatic rings. The Morgan fingerprint density at radius 1 is 0.545 bits per heavy atom. The molecule has 0 heteroatoms. The van der Waals surface area contributed by atoms with Gasteiger partial charge in [0.15, 0.2) is 0 Å². The number of hydrogen-bond acceptors (Lipinski definition) is 0. The molecule has 0 heterocycles. The van der Waals surface area contributed by atoms with E-state index in [1.54, 1.807) is 0 Å². The second-order valence-electron chi connectivity index (χ2n) is 6.61. The molecule has 0 bridgehead atoms. The summed E-state index contributed by atoms with van der Waals surface area (Å²) in [5.74, 6) is 4.01. The molecule has 0 nitrogen and oxygen atoms in total. The summed E-state index contributed by atoms with van der Waals surface area (Å²) in [7, 11) is 0. The standard InChI is InChI=1S/C18H30.4CH4/c1-3-5-15-7-11-17(12-8-15)18-13-9-16(6-4-2)10-14-18;;;;/h3-4,15-18H,1-2,5-14H2;4*1H4. The molecule has 0 aromatic carbocycles. The van der Waals surface area contributed by atoms with Crippen molar-refractivity contribution in [2.75, 3.05) is 0 Å². The molecule has 0 aromatic heterocycles. The fourth-order valence-electron chi connectivity index (χ4n) is 4.26. The largest absolute Gasteiger partial charge is 0.103 e. The lowest BCUT2D eigenvalue weighted by Crippen LogP contribution is -2.25. The van der Waals surface area contributed by atoms with E-state index in [1.807, 2.05) is 0 Å². The Kier molecular flexibility index (Phi) is 16.9. The van der Waals surface area contributed by atoms with E-state index in [9.17, 15) is 0 Å². The SMILES string of the molecule is C.C.C.C.C=CCC1CCC(C2CCC(CC=C)CC2)CC1. The molecule has 22 heavy (non-hydrogen) atoms. The van der Waals surface area contributed by atoms with Gasteiger partial charge in [-0.25, -0.2) is 0 Å². The van der Waals surface area contributed by atoms with Crippen LogP contribution in [0.4, 0.5) is 0 Å². The van der Waals surface area contributed by atoms with Crippen LogP contribution in [0.1, 0.15) is 93.9 Å². The van der Waals surface area contributed by atoms with Crippen molar-refractivity contribution >= 4 is 0 Å². The van der Waals surface area contributed by atoms with E-state index in [2.05, 4.69) is 25.3 Å². The predicted octanol–water partition coefficient (Wildman–Crippen LogP) is 8.30. The zero-order chi connectivity index (χ0) is 12.8. The fourth-order valence-corrected chi connectivity index (χ4v) is 4.26. The Hall–Kier alpha value is -0.520. The van der Waals surface area contributed by atoms with Crippen molar-refractivity contribution in [3.8, 4) is 0 Å². The van der Waals surface area contributed by atoms with Crippen LogP contribution < -0.4 is 0 Å². The van der Waals surface area contributed by atoms with Crippen molar-refractivity contribution < 1.29 is 0 Å². The van der Waals surface area contributed by atoms with Crippen molar-refractivity contribution in [1.82, 2.24) is 0 Å². The molecule has 134 valence electrons. The van der Waals surface area contributed by atoms with Crippen molar-refractivity contribution in [1.29, 1.82) is 0 Å². The van der Waals surface area contributed by atoms with Gasteiger partial charge in [0.1, 0.15) is 0 Å². The zero-order valence-electron chi connectivity index (χ0n) is 11.9. The van der Waals surface area contributed by atoms with Crippen molar-refractivity contribution in [2.45, 2.75) is 93.9 Å². The van der Waals surface area contributed by atoms with Crippen molar-refractivity contribution in [3.05, 3.63) is 25.3 Å². The van der Waals surface area contributed by atoms with E-state index >= 15 is 0 Å². The summed E-state index contributed by atoms with van der Waals surface area (Å²) >= 11 is 0. The summed E-state index contributed by atoms with van der Waals surface area (Å²) < 4.78 is 0. The van der Waals surface area contributed by atoms with Crippen LogP contribution in [0.5, 0.6) is 0 Å². The Morgan fingerprint density at radius 3 is 1.05 bits per heavy atom. The molecule has 0 aliphatic heterocycles. The summed E-state index contributed by atoms with van der Waals surface area (Å²) in [4.78, 5) is 0. The number of rotatable bonds is 5. The van der Waals surface area contributed by atoms with Crippen molar-refractivity contribution in [2.24, 2.45) is 23.7 Å². The van der Waals surface area contributed by atoms with E-state index in [0.717, 1.165) is 23.7 Å². The predicted molar refractivity (Wildman–Crippen MR) is 107 cm³/mol. The van der Waals surface area contributed by atoms with Gasteiger partial charge in [0.25, 0.3) is 0 Å². The monoisotopic (exact) mass is 310 g/mol. The molecule has 0 amide bonds. The van der Waals surface area contributed by atoms with Crippen LogP contribution >= 0.6 is 0 Å². The smallest absolute Gasteiger partial charge is 0.0325 e. The van der Waals surface area contributed by atoms with Gasteiger partial charge in [0.05, 0.1) is 0 Å². The fraction of sp³-hybridized carbons (Fsp3) is 0.818. The van der Waals surface area contributed by atoms with E-state index in [1.165, 1.54) is 64.2 Å². The van der Waals surface area contributed by atoms with Gasteiger partial charge in [0, 0.05) is 0 Å². The third kappa shape index (κ3) is 7.65. The van der Waals surface area contributed by atoms with E-state index < -0.39 is 0 Å². The highest BCUT2D eigenvalue weighted by atomic mass is 14.4. The minimum Gasteiger partial charge on any atom is -0.103 e. The summed E-state index contributed by atoms with van der Waals surface area (Å²) in [5.41, 5.74) is 0. The lowest BCUT2D eigenvalue weighted by atomic mass is 9.68. The molecule has 0 unspecified atom stereocenters. The molecule has 0 atom stereocenters. The highest BCUT2D eigenvalue weighted by molar-refractivity contribution is 4.85. The first kappa shape index (κ1) is 26.4. The highest BCUT2D eigenvalue weighted by Crippen LogP contribution is 2.42. The first-order chi connectivity index (χ1) is 8.83. The Balaban J connectivity index is -0.000000902. The van der Waals surface area contributed by atoms with Crippen LogP contribution in [0, 0.1) is 23.7 Å². The highest BCUT2D eigenvalue weighted by Gasteiger charge is 2.30. The molecule has 0 spiro atoms. The number of allylic oxidation sites excluding steroid dienone is 2. The van der Waals surface area contributed by atoms with Crippen molar-refractivity contribution in [3.63, 3.8) is 0 Å².